The summed E-state index contributed by atoms with van der Waals surface area (Å²) in [6, 6.07) is 4.28. The van der Waals surface area contributed by atoms with Gasteiger partial charge in [0.25, 0.3) is 0 Å². The van der Waals surface area contributed by atoms with Gasteiger partial charge in [0.2, 0.25) is 0 Å². The number of hydrogen-bond donors (Lipinski definition) is 1. The van der Waals surface area contributed by atoms with E-state index >= 15 is 0 Å². The molecule has 2 nitrogen and oxygen atoms in total. The first-order valence-electron chi connectivity index (χ1n) is 5.21. The number of hydrogen-bond acceptors (Lipinski definition) is 4. The molecule has 0 radical (unpaired) electrons. The van der Waals surface area contributed by atoms with Crippen LogP contribution >= 0.6 is 34.3 Å². The van der Waals surface area contributed by atoms with E-state index in [1.807, 2.05) is 25.4 Å². The van der Waals surface area contributed by atoms with Gasteiger partial charge in [0.15, 0.2) is 0 Å². The van der Waals surface area contributed by atoms with Crippen molar-refractivity contribution in [2.24, 2.45) is 0 Å². The maximum atomic E-state index is 6.13. The molecule has 0 aromatic carbocycles. The zero-order valence-electron chi connectivity index (χ0n) is 9.91. The molecule has 0 saturated carbocycles. The Morgan fingerprint density at radius 3 is 2.76 bits per heavy atom. The summed E-state index contributed by atoms with van der Waals surface area (Å²) < 4.78 is 6.23. The number of thiophene rings is 2. The average Bonchev–Trinajstić information content (AvgIpc) is 2.89. The first kappa shape index (κ1) is 12.9. The van der Waals surface area contributed by atoms with Crippen molar-refractivity contribution in [3.05, 3.63) is 37.2 Å². The molecule has 2 heterocycles. The highest BCUT2D eigenvalue weighted by Crippen LogP contribution is 2.39. The van der Waals surface area contributed by atoms with E-state index in [0.717, 1.165) is 15.6 Å². The second-order valence-electron chi connectivity index (χ2n) is 3.68. The second-order valence-corrected chi connectivity index (χ2v) is 6.31. The monoisotopic (exact) mass is 287 g/mol. The van der Waals surface area contributed by atoms with E-state index < -0.39 is 0 Å². The van der Waals surface area contributed by atoms with E-state index in [2.05, 4.69) is 11.4 Å². The summed E-state index contributed by atoms with van der Waals surface area (Å²) in [5.74, 6) is 0.927. The number of ether oxygens (including phenoxy) is 1. The Bertz CT molecular complexity index is 487. The molecule has 2 rings (SSSR count). The van der Waals surface area contributed by atoms with Crippen LogP contribution in [0.4, 0.5) is 0 Å². The summed E-state index contributed by atoms with van der Waals surface area (Å²) in [6.45, 7) is 2.03. The van der Waals surface area contributed by atoms with Crippen molar-refractivity contribution >= 4 is 34.3 Å². The third kappa shape index (κ3) is 2.50. The fourth-order valence-corrected chi connectivity index (χ4v) is 4.12. The van der Waals surface area contributed by atoms with Crippen molar-refractivity contribution in [2.45, 2.75) is 13.0 Å². The average molecular weight is 288 g/mol. The van der Waals surface area contributed by atoms with Gasteiger partial charge in [-0.15, -0.1) is 22.7 Å². The minimum absolute atomic E-state index is 0.154. The molecule has 5 heteroatoms. The lowest BCUT2D eigenvalue weighted by atomic mass is 10.2. The fraction of sp³-hybridized carbons (Fsp3) is 0.333. The van der Waals surface area contributed by atoms with Crippen LogP contribution in [0.2, 0.25) is 4.34 Å². The largest absolute Gasteiger partial charge is 0.496 e. The maximum Gasteiger partial charge on any atom is 0.134 e. The van der Waals surface area contributed by atoms with Crippen molar-refractivity contribution in [3.8, 4) is 5.75 Å². The summed E-state index contributed by atoms with van der Waals surface area (Å²) in [5.41, 5.74) is 1.13. The van der Waals surface area contributed by atoms with Crippen molar-refractivity contribution in [3.63, 3.8) is 0 Å². The Morgan fingerprint density at radius 1 is 1.47 bits per heavy atom. The molecular weight excluding hydrogens is 274 g/mol. The smallest absolute Gasteiger partial charge is 0.134 e. The number of methoxy groups -OCH3 is 1. The lowest BCUT2D eigenvalue weighted by Gasteiger charge is -2.14. The van der Waals surface area contributed by atoms with Crippen molar-refractivity contribution in [1.29, 1.82) is 0 Å². The molecular formula is C12H14ClNOS2. The molecule has 0 aliphatic carbocycles. The minimum Gasteiger partial charge on any atom is -0.496 e. The van der Waals surface area contributed by atoms with Crippen LogP contribution in [0.5, 0.6) is 5.75 Å². The molecule has 1 unspecified atom stereocenters. The molecule has 0 aliphatic rings. The molecule has 2 aromatic rings. The van der Waals surface area contributed by atoms with E-state index in [1.165, 1.54) is 9.75 Å². The predicted octanol–water partition coefficient (Wildman–Crippen LogP) is 4.09. The lowest BCUT2D eigenvalue weighted by Crippen LogP contribution is -2.15. The molecule has 0 aliphatic heterocycles. The number of halogens is 1. The van der Waals surface area contributed by atoms with Crippen molar-refractivity contribution in [2.75, 3.05) is 14.2 Å². The van der Waals surface area contributed by atoms with Crippen LogP contribution < -0.4 is 10.1 Å². The number of aryl methyl sites for hydroxylation is 1. The molecule has 17 heavy (non-hydrogen) atoms. The summed E-state index contributed by atoms with van der Waals surface area (Å²) in [4.78, 5) is 2.41. The summed E-state index contributed by atoms with van der Waals surface area (Å²) in [6.07, 6.45) is 0. The first-order valence-corrected chi connectivity index (χ1v) is 7.29. The first-order chi connectivity index (χ1) is 8.17. The van der Waals surface area contributed by atoms with Gasteiger partial charge in [0.1, 0.15) is 5.75 Å². The Morgan fingerprint density at radius 2 is 2.24 bits per heavy atom. The van der Waals surface area contributed by atoms with Gasteiger partial charge >= 0.3 is 0 Å². The summed E-state index contributed by atoms with van der Waals surface area (Å²) in [5, 5.41) is 5.36. The second kappa shape index (κ2) is 5.40. The molecule has 1 N–H and O–H groups in total. The quantitative estimate of drug-likeness (QED) is 0.914. The summed E-state index contributed by atoms with van der Waals surface area (Å²) >= 11 is 9.44. The van der Waals surface area contributed by atoms with Gasteiger partial charge in [-0.25, -0.2) is 0 Å². The van der Waals surface area contributed by atoms with E-state index in [4.69, 9.17) is 16.3 Å². The van der Waals surface area contributed by atoms with Gasteiger partial charge in [0, 0.05) is 4.88 Å². The zero-order chi connectivity index (χ0) is 12.4. The van der Waals surface area contributed by atoms with Crippen LogP contribution in [0.3, 0.4) is 0 Å². The highest BCUT2D eigenvalue weighted by Gasteiger charge is 2.20. The SMILES string of the molecule is CNC(c1cc(C)c(Cl)s1)c1sccc1OC. The molecule has 0 saturated heterocycles. The van der Waals surface area contributed by atoms with Gasteiger partial charge in [-0.1, -0.05) is 11.6 Å². The Kier molecular flexibility index (Phi) is 4.09. The van der Waals surface area contributed by atoms with E-state index in [1.54, 1.807) is 29.8 Å². The number of nitrogens with one attached hydrogen (secondary N) is 1. The van der Waals surface area contributed by atoms with Crippen LogP contribution in [0.15, 0.2) is 17.5 Å². The van der Waals surface area contributed by atoms with E-state index in [-0.39, 0.29) is 6.04 Å². The molecule has 0 bridgehead atoms. The van der Waals surface area contributed by atoms with Crippen LogP contribution in [-0.2, 0) is 0 Å². The van der Waals surface area contributed by atoms with Gasteiger partial charge in [0.05, 0.1) is 22.4 Å². The highest BCUT2D eigenvalue weighted by atomic mass is 35.5. The van der Waals surface area contributed by atoms with Gasteiger partial charge < -0.3 is 10.1 Å². The highest BCUT2D eigenvalue weighted by molar-refractivity contribution is 7.16. The third-order valence-corrected chi connectivity index (χ3v) is 5.17. The van der Waals surface area contributed by atoms with Crippen LogP contribution in [-0.4, -0.2) is 14.2 Å². The fourth-order valence-electron chi connectivity index (χ4n) is 1.72. The van der Waals surface area contributed by atoms with Crippen molar-refractivity contribution in [1.82, 2.24) is 5.32 Å². The number of rotatable bonds is 4. The standard InChI is InChI=1S/C12H14ClNOS2/c1-7-6-9(17-12(7)13)10(14-2)11-8(15-3)4-5-16-11/h4-6,10,14H,1-3H3. The van der Waals surface area contributed by atoms with E-state index in [9.17, 15) is 0 Å². The topological polar surface area (TPSA) is 21.3 Å². The molecule has 2 aromatic heterocycles. The Balaban J connectivity index is 2.40. The van der Waals surface area contributed by atoms with Gasteiger partial charge in [-0.3, -0.25) is 0 Å². The lowest BCUT2D eigenvalue weighted by molar-refractivity contribution is 0.409. The Hall–Kier alpha value is -0.550. The molecule has 0 spiro atoms. The normalized spacial score (nSPS) is 12.7. The minimum atomic E-state index is 0.154. The van der Waals surface area contributed by atoms with Crippen LogP contribution in [0.1, 0.15) is 21.4 Å². The van der Waals surface area contributed by atoms with Gasteiger partial charge in [-0.05, 0) is 37.0 Å². The van der Waals surface area contributed by atoms with Crippen LogP contribution in [0.25, 0.3) is 0 Å². The molecule has 92 valence electrons. The maximum absolute atomic E-state index is 6.13. The Labute approximate surface area is 114 Å². The zero-order valence-corrected chi connectivity index (χ0v) is 12.3. The van der Waals surface area contributed by atoms with Crippen LogP contribution in [0, 0.1) is 6.92 Å². The van der Waals surface area contributed by atoms with E-state index in [0.29, 0.717) is 0 Å². The molecule has 0 amide bonds. The van der Waals surface area contributed by atoms with Gasteiger partial charge in [-0.2, -0.15) is 0 Å². The summed E-state index contributed by atoms with van der Waals surface area (Å²) in [7, 11) is 3.65. The predicted molar refractivity (Wildman–Crippen MR) is 75.8 cm³/mol. The molecule has 0 fully saturated rings. The third-order valence-electron chi connectivity index (χ3n) is 2.59. The molecule has 1 atom stereocenters. The van der Waals surface area contributed by atoms with Crippen molar-refractivity contribution < 1.29 is 4.74 Å².